The van der Waals surface area contributed by atoms with Gasteiger partial charge in [0.25, 0.3) is 0 Å². The normalized spacial score (nSPS) is 13.6. The van der Waals surface area contributed by atoms with Gasteiger partial charge in [-0.3, -0.25) is 9.59 Å². The molecule has 7 nitrogen and oxygen atoms in total. The summed E-state index contributed by atoms with van der Waals surface area (Å²) in [5.41, 5.74) is 2.92. The van der Waals surface area contributed by atoms with Gasteiger partial charge in [0, 0.05) is 17.1 Å². The van der Waals surface area contributed by atoms with Gasteiger partial charge in [-0.15, -0.1) is 0 Å². The molecule has 0 radical (unpaired) electrons. The molecular weight excluding hydrogens is 400 g/mol. The van der Waals surface area contributed by atoms with Crippen LogP contribution in [0.25, 0.3) is 0 Å². The van der Waals surface area contributed by atoms with Crippen LogP contribution in [0.15, 0.2) is 53.1 Å². The van der Waals surface area contributed by atoms with E-state index in [0.29, 0.717) is 24.5 Å². The van der Waals surface area contributed by atoms with Gasteiger partial charge in [-0.1, -0.05) is 37.3 Å². The molecule has 2 amide bonds. The number of carbonyl (C=O) groups excluding carboxylic acids is 2. The van der Waals surface area contributed by atoms with Crippen LogP contribution in [0, 0.1) is 0 Å². The first-order chi connectivity index (χ1) is 14.7. The number of furan rings is 1. The fourth-order valence-corrected chi connectivity index (χ4v) is 4.61. The molecule has 156 valence electrons. The van der Waals surface area contributed by atoms with Crippen LogP contribution in [0.3, 0.4) is 0 Å². The summed E-state index contributed by atoms with van der Waals surface area (Å²) in [6.45, 7) is 2.35. The van der Waals surface area contributed by atoms with Crippen LogP contribution in [0.5, 0.6) is 0 Å². The van der Waals surface area contributed by atoms with E-state index < -0.39 is 0 Å². The van der Waals surface area contributed by atoms with Crippen LogP contribution in [-0.2, 0) is 34.2 Å². The predicted octanol–water partition coefficient (Wildman–Crippen LogP) is 3.67. The van der Waals surface area contributed by atoms with E-state index in [4.69, 9.17) is 4.42 Å². The van der Waals surface area contributed by atoms with E-state index in [1.165, 1.54) is 0 Å². The summed E-state index contributed by atoms with van der Waals surface area (Å²) in [6.07, 6.45) is 2.26. The number of hydrogen-bond donors (Lipinski definition) is 2. The molecule has 1 aliphatic heterocycles. The van der Waals surface area contributed by atoms with Crippen LogP contribution >= 0.6 is 11.8 Å². The fourth-order valence-electron chi connectivity index (χ4n) is 3.57. The van der Waals surface area contributed by atoms with Crippen molar-refractivity contribution >= 4 is 29.4 Å². The third kappa shape index (κ3) is 4.43. The Balaban J connectivity index is 1.49. The monoisotopic (exact) mass is 424 g/mol. The molecule has 3 aromatic rings. The van der Waals surface area contributed by atoms with Crippen LogP contribution in [0.1, 0.15) is 41.8 Å². The van der Waals surface area contributed by atoms with Crippen molar-refractivity contribution in [1.82, 2.24) is 15.1 Å². The first kappa shape index (κ1) is 20.3. The third-order valence-electron chi connectivity index (χ3n) is 5.12. The number of nitrogens with zero attached hydrogens (tertiary/aromatic N) is 2. The van der Waals surface area contributed by atoms with Crippen molar-refractivity contribution in [3.63, 3.8) is 0 Å². The van der Waals surface area contributed by atoms with E-state index in [-0.39, 0.29) is 24.3 Å². The number of benzene rings is 1. The summed E-state index contributed by atoms with van der Waals surface area (Å²) in [7, 11) is 0. The third-order valence-corrected chi connectivity index (χ3v) is 6.09. The van der Waals surface area contributed by atoms with E-state index >= 15 is 0 Å². The first-order valence-electron chi connectivity index (χ1n) is 9.97. The first-order valence-corrected chi connectivity index (χ1v) is 11.1. The summed E-state index contributed by atoms with van der Waals surface area (Å²) in [5, 5.41) is 10.5. The van der Waals surface area contributed by atoms with Crippen molar-refractivity contribution in [3.05, 3.63) is 71.3 Å². The minimum Gasteiger partial charge on any atom is -0.467 e. The quantitative estimate of drug-likeness (QED) is 0.576. The van der Waals surface area contributed by atoms with Crippen LogP contribution in [0.4, 0.5) is 5.82 Å². The van der Waals surface area contributed by atoms with Crippen molar-refractivity contribution in [2.75, 3.05) is 5.32 Å². The van der Waals surface area contributed by atoms with Gasteiger partial charge in [-0.25, -0.2) is 4.68 Å². The van der Waals surface area contributed by atoms with Crippen molar-refractivity contribution in [2.24, 2.45) is 0 Å². The minimum atomic E-state index is -0.257. The molecule has 2 N–H and O–H groups in total. The van der Waals surface area contributed by atoms with Crippen LogP contribution in [0.2, 0.25) is 0 Å². The van der Waals surface area contributed by atoms with Gasteiger partial charge in [0.15, 0.2) is 0 Å². The van der Waals surface area contributed by atoms with E-state index in [1.54, 1.807) is 34.8 Å². The molecule has 1 atom stereocenters. The lowest BCUT2D eigenvalue weighted by Gasteiger charge is -2.17. The molecule has 3 heterocycles. The van der Waals surface area contributed by atoms with Crippen molar-refractivity contribution in [3.8, 4) is 0 Å². The molecular formula is C22H24N4O3S. The molecule has 1 aromatic carbocycles. The van der Waals surface area contributed by atoms with Gasteiger partial charge < -0.3 is 15.1 Å². The molecule has 30 heavy (non-hydrogen) atoms. The zero-order valence-corrected chi connectivity index (χ0v) is 17.6. The fraction of sp³-hybridized carbons (Fsp3) is 0.318. The average Bonchev–Trinajstić information content (AvgIpc) is 3.48. The van der Waals surface area contributed by atoms with Gasteiger partial charge in [-0.05, 0) is 24.1 Å². The highest BCUT2D eigenvalue weighted by Gasteiger charge is 2.27. The Kier molecular flexibility index (Phi) is 6.23. The average molecular weight is 425 g/mol. The molecule has 0 fully saturated rings. The molecule has 0 spiro atoms. The maximum atomic E-state index is 13.1. The number of hydrogen-bond acceptors (Lipinski definition) is 5. The standard InChI is InChI=1S/C22H24N4O3S/c1-2-17(15-7-4-3-5-8-15)22(28)24-21-18-13-30-14-19(18)25-26(21)12-20(27)23-11-16-9-6-10-29-16/h3-10,17H,2,11-14H2,1H3,(H,23,27)(H,24,28)/t17-/m1/s1. The van der Waals surface area contributed by atoms with Crippen molar-refractivity contribution < 1.29 is 14.0 Å². The molecule has 1 aliphatic rings. The van der Waals surface area contributed by atoms with Crippen molar-refractivity contribution in [2.45, 2.75) is 43.9 Å². The Labute approximate surface area is 179 Å². The van der Waals surface area contributed by atoms with E-state index in [1.807, 2.05) is 37.3 Å². The highest BCUT2D eigenvalue weighted by molar-refractivity contribution is 7.98. The second kappa shape index (κ2) is 9.21. The number of fused-ring (bicyclic) bond motifs is 1. The summed E-state index contributed by atoms with van der Waals surface area (Å²) in [4.78, 5) is 25.5. The summed E-state index contributed by atoms with van der Waals surface area (Å²) < 4.78 is 6.85. The number of amides is 2. The number of thioether (sulfide) groups is 1. The second-order valence-corrected chi connectivity index (χ2v) is 8.13. The van der Waals surface area contributed by atoms with Crippen molar-refractivity contribution in [1.29, 1.82) is 0 Å². The van der Waals surface area contributed by atoms with Gasteiger partial charge in [0.1, 0.15) is 18.1 Å². The Morgan fingerprint density at radius 2 is 2.03 bits per heavy atom. The molecule has 8 heteroatoms. The van der Waals surface area contributed by atoms with E-state index in [0.717, 1.165) is 28.3 Å². The second-order valence-electron chi connectivity index (χ2n) is 7.14. The number of rotatable bonds is 8. The number of carbonyl (C=O) groups is 2. The van der Waals surface area contributed by atoms with E-state index in [9.17, 15) is 9.59 Å². The Morgan fingerprint density at radius 3 is 2.77 bits per heavy atom. The number of anilines is 1. The summed E-state index contributed by atoms with van der Waals surface area (Å²) in [5.74, 6) is 2.35. The Bertz CT molecular complexity index is 1010. The smallest absolute Gasteiger partial charge is 0.242 e. The van der Waals surface area contributed by atoms with Gasteiger partial charge in [0.05, 0.1) is 24.4 Å². The molecule has 0 unspecified atom stereocenters. The lowest BCUT2D eigenvalue weighted by molar-refractivity contribution is -0.122. The largest absolute Gasteiger partial charge is 0.467 e. The predicted molar refractivity (Wildman–Crippen MR) is 116 cm³/mol. The van der Waals surface area contributed by atoms with Crippen LogP contribution in [-0.4, -0.2) is 21.6 Å². The van der Waals surface area contributed by atoms with Gasteiger partial charge >= 0.3 is 0 Å². The molecule has 0 saturated heterocycles. The summed E-state index contributed by atoms with van der Waals surface area (Å²) in [6, 6.07) is 13.3. The molecule has 4 rings (SSSR count). The number of aromatic nitrogens is 2. The lowest BCUT2D eigenvalue weighted by atomic mass is 9.95. The maximum absolute atomic E-state index is 13.1. The Morgan fingerprint density at radius 1 is 1.20 bits per heavy atom. The minimum absolute atomic E-state index is 0.0378. The maximum Gasteiger partial charge on any atom is 0.242 e. The molecule has 0 saturated carbocycles. The highest BCUT2D eigenvalue weighted by Crippen LogP contribution is 2.35. The van der Waals surface area contributed by atoms with Crippen LogP contribution < -0.4 is 10.6 Å². The Hall–Kier alpha value is -3.00. The summed E-state index contributed by atoms with van der Waals surface area (Å²) >= 11 is 1.76. The zero-order valence-electron chi connectivity index (χ0n) is 16.8. The lowest BCUT2D eigenvalue weighted by Crippen LogP contribution is -2.29. The highest BCUT2D eigenvalue weighted by atomic mass is 32.2. The van der Waals surface area contributed by atoms with E-state index in [2.05, 4.69) is 15.7 Å². The number of nitrogens with one attached hydrogen (secondary N) is 2. The molecule has 0 aliphatic carbocycles. The topological polar surface area (TPSA) is 89.2 Å². The zero-order chi connectivity index (χ0) is 20.9. The van der Waals surface area contributed by atoms with Gasteiger partial charge in [0.2, 0.25) is 11.8 Å². The molecule has 0 bridgehead atoms. The SMILES string of the molecule is CC[C@@H](C(=O)Nc1c2c(nn1CC(=O)NCc1ccco1)CSC2)c1ccccc1. The molecule has 2 aromatic heterocycles. The van der Waals surface area contributed by atoms with Gasteiger partial charge in [-0.2, -0.15) is 16.9 Å².